The van der Waals surface area contributed by atoms with Crippen molar-refractivity contribution in [3.63, 3.8) is 0 Å². The van der Waals surface area contributed by atoms with Crippen molar-refractivity contribution in [3.8, 4) is 0 Å². The van der Waals surface area contributed by atoms with Gasteiger partial charge in [-0.05, 0) is 61.1 Å². The van der Waals surface area contributed by atoms with E-state index in [1.807, 2.05) is 13.0 Å². The fraction of sp³-hybridized carbons (Fsp3) is 0.381. The number of sulfonamides is 1. The van der Waals surface area contributed by atoms with Gasteiger partial charge in [0.15, 0.2) is 5.96 Å². The van der Waals surface area contributed by atoms with Crippen molar-refractivity contribution >= 4 is 40.0 Å². The van der Waals surface area contributed by atoms with Crippen molar-refractivity contribution in [3.05, 3.63) is 65.5 Å². The first-order chi connectivity index (χ1) is 14.0. The van der Waals surface area contributed by atoms with Crippen molar-refractivity contribution < 1.29 is 12.8 Å². The van der Waals surface area contributed by atoms with Gasteiger partial charge in [0.25, 0.3) is 0 Å². The van der Waals surface area contributed by atoms with E-state index in [9.17, 15) is 12.8 Å². The first-order valence-electron chi connectivity index (χ1n) is 9.81. The van der Waals surface area contributed by atoms with E-state index in [1.54, 1.807) is 24.3 Å². The summed E-state index contributed by atoms with van der Waals surface area (Å²) < 4.78 is 41.0. The SMILES string of the molecule is CCNC(=NCc1cccc(S(=O)(=O)NCc2cccc(F)c2)c1)NCC1CC1.I. The average Bonchev–Trinajstić information content (AvgIpc) is 3.53. The van der Waals surface area contributed by atoms with Crippen molar-refractivity contribution in [1.82, 2.24) is 15.4 Å². The third kappa shape index (κ3) is 7.84. The molecule has 0 radical (unpaired) electrons. The molecule has 2 aromatic carbocycles. The lowest BCUT2D eigenvalue weighted by Gasteiger charge is -2.11. The molecule has 6 nitrogen and oxygen atoms in total. The van der Waals surface area contributed by atoms with Crippen molar-refractivity contribution in [2.75, 3.05) is 13.1 Å². The third-order valence-electron chi connectivity index (χ3n) is 4.58. The normalized spacial score (nSPS) is 14.1. The highest BCUT2D eigenvalue weighted by molar-refractivity contribution is 14.0. The van der Waals surface area contributed by atoms with Gasteiger partial charge in [-0.2, -0.15) is 0 Å². The second-order valence-electron chi connectivity index (χ2n) is 7.12. The van der Waals surface area contributed by atoms with Crippen LogP contribution in [0, 0.1) is 11.7 Å². The lowest BCUT2D eigenvalue weighted by molar-refractivity contribution is 0.580. The summed E-state index contributed by atoms with van der Waals surface area (Å²) in [5, 5.41) is 6.52. The third-order valence-corrected chi connectivity index (χ3v) is 5.98. The van der Waals surface area contributed by atoms with Crippen LogP contribution in [0.4, 0.5) is 4.39 Å². The molecule has 3 N–H and O–H groups in total. The summed E-state index contributed by atoms with van der Waals surface area (Å²) in [6.07, 6.45) is 2.52. The number of halogens is 2. The van der Waals surface area contributed by atoms with E-state index in [1.165, 1.54) is 31.0 Å². The minimum Gasteiger partial charge on any atom is -0.357 e. The highest BCUT2D eigenvalue weighted by atomic mass is 127. The number of guanidine groups is 1. The van der Waals surface area contributed by atoms with Gasteiger partial charge in [0.1, 0.15) is 5.82 Å². The van der Waals surface area contributed by atoms with E-state index in [-0.39, 0.29) is 35.4 Å². The van der Waals surface area contributed by atoms with Gasteiger partial charge in [0.2, 0.25) is 10.0 Å². The van der Waals surface area contributed by atoms with Gasteiger partial charge in [0, 0.05) is 19.6 Å². The summed E-state index contributed by atoms with van der Waals surface area (Å²) in [5.74, 6) is 1.07. The predicted octanol–water partition coefficient (Wildman–Crippen LogP) is 3.39. The molecule has 0 saturated heterocycles. The summed E-state index contributed by atoms with van der Waals surface area (Å²) >= 11 is 0. The standard InChI is InChI=1S/C21H27FN4O2S.HI/c1-2-23-21(24-13-16-9-10-16)25-14-18-6-4-8-20(12-18)29(27,28)26-15-17-5-3-7-19(22)11-17;/h3-8,11-12,16,26H,2,9-10,13-15H2,1H3,(H2,23,24,25);1H. The van der Waals surface area contributed by atoms with Crippen LogP contribution >= 0.6 is 24.0 Å². The van der Waals surface area contributed by atoms with Gasteiger partial charge >= 0.3 is 0 Å². The molecule has 0 spiro atoms. The maximum atomic E-state index is 13.3. The van der Waals surface area contributed by atoms with Crippen LogP contribution in [0.1, 0.15) is 30.9 Å². The number of benzene rings is 2. The molecule has 0 atom stereocenters. The number of nitrogens with zero attached hydrogens (tertiary/aromatic N) is 1. The summed E-state index contributed by atoms with van der Waals surface area (Å²) in [6.45, 7) is 4.07. The smallest absolute Gasteiger partial charge is 0.240 e. The molecule has 0 aliphatic heterocycles. The number of aliphatic imine (C=N–C) groups is 1. The Labute approximate surface area is 194 Å². The maximum Gasteiger partial charge on any atom is 0.240 e. The zero-order valence-electron chi connectivity index (χ0n) is 16.9. The first kappa shape index (κ1) is 24.5. The van der Waals surface area contributed by atoms with Crippen LogP contribution in [-0.4, -0.2) is 27.5 Å². The molecule has 2 aromatic rings. The lowest BCUT2D eigenvalue weighted by Crippen LogP contribution is -2.38. The molecule has 3 rings (SSSR count). The predicted molar refractivity (Wildman–Crippen MR) is 128 cm³/mol. The van der Waals surface area contributed by atoms with Crippen LogP contribution < -0.4 is 15.4 Å². The molecule has 0 heterocycles. The fourth-order valence-corrected chi connectivity index (χ4v) is 3.88. The van der Waals surface area contributed by atoms with Crippen molar-refractivity contribution in [1.29, 1.82) is 0 Å². The Bertz CT molecular complexity index is 965. The fourth-order valence-electron chi connectivity index (χ4n) is 2.79. The first-order valence-corrected chi connectivity index (χ1v) is 11.3. The number of nitrogens with one attached hydrogen (secondary N) is 3. The van der Waals surface area contributed by atoms with Crippen LogP contribution in [0.2, 0.25) is 0 Å². The highest BCUT2D eigenvalue weighted by Crippen LogP contribution is 2.27. The zero-order chi connectivity index (χ0) is 20.7. The largest absolute Gasteiger partial charge is 0.357 e. The van der Waals surface area contributed by atoms with E-state index in [4.69, 9.17) is 0 Å². The summed E-state index contributed by atoms with van der Waals surface area (Å²) in [4.78, 5) is 4.71. The van der Waals surface area contributed by atoms with Gasteiger partial charge in [0.05, 0.1) is 11.4 Å². The molecule has 0 amide bonds. The molecule has 0 bridgehead atoms. The van der Waals surface area contributed by atoms with Gasteiger partial charge < -0.3 is 10.6 Å². The Kier molecular flexibility index (Phi) is 9.50. The molecule has 30 heavy (non-hydrogen) atoms. The van der Waals surface area contributed by atoms with Crippen LogP contribution in [0.25, 0.3) is 0 Å². The van der Waals surface area contributed by atoms with Gasteiger partial charge in [-0.25, -0.2) is 22.5 Å². The molecule has 0 unspecified atom stereocenters. The number of rotatable bonds is 9. The summed E-state index contributed by atoms with van der Waals surface area (Å²) in [6, 6.07) is 12.6. The minimum atomic E-state index is -3.71. The van der Waals surface area contributed by atoms with Crippen molar-refractivity contribution in [2.45, 2.75) is 37.8 Å². The summed E-state index contributed by atoms with van der Waals surface area (Å²) in [5.41, 5.74) is 1.36. The Morgan fingerprint density at radius 3 is 2.53 bits per heavy atom. The lowest BCUT2D eigenvalue weighted by atomic mass is 10.2. The van der Waals surface area contributed by atoms with E-state index < -0.39 is 15.8 Å². The summed E-state index contributed by atoms with van der Waals surface area (Å²) in [7, 11) is -3.71. The van der Waals surface area contributed by atoms with Crippen LogP contribution in [0.15, 0.2) is 58.4 Å². The molecule has 9 heteroatoms. The van der Waals surface area contributed by atoms with Gasteiger partial charge in [-0.3, -0.25) is 0 Å². The Balaban J connectivity index is 0.00000320. The van der Waals surface area contributed by atoms with Crippen LogP contribution in [0.5, 0.6) is 0 Å². The van der Waals surface area contributed by atoms with E-state index in [0.29, 0.717) is 12.1 Å². The zero-order valence-corrected chi connectivity index (χ0v) is 20.0. The topological polar surface area (TPSA) is 82.6 Å². The molecule has 0 aromatic heterocycles. The maximum absolute atomic E-state index is 13.3. The highest BCUT2D eigenvalue weighted by Gasteiger charge is 2.21. The monoisotopic (exact) mass is 546 g/mol. The van der Waals surface area contributed by atoms with E-state index >= 15 is 0 Å². The Hall–Kier alpha value is -1.72. The van der Waals surface area contributed by atoms with E-state index in [0.717, 1.165) is 30.5 Å². The number of hydrogen-bond acceptors (Lipinski definition) is 3. The Morgan fingerprint density at radius 1 is 1.10 bits per heavy atom. The molecule has 1 fully saturated rings. The number of hydrogen-bond donors (Lipinski definition) is 3. The van der Waals surface area contributed by atoms with Gasteiger partial charge in [-0.15, -0.1) is 24.0 Å². The molecule has 1 aliphatic rings. The second-order valence-corrected chi connectivity index (χ2v) is 8.89. The second kappa shape index (κ2) is 11.6. The minimum absolute atomic E-state index is 0. The molecule has 1 aliphatic carbocycles. The molecule has 1 saturated carbocycles. The molecule has 164 valence electrons. The molecular weight excluding hydrogens is 518 g/mol. The van der Waals surface area contributed by atoms with Crippen molar-refractivity contribution in [2.24, 2.45) is 10.9 Å². The Morgan fingerprint density at radius 2 is 1.83 bits per heavy atom. The van der Waals surface area contributed by atoms with Crippen LogP contribution in [-0.2, 0) is 23.1 Å². The quantitative estimate of drug-likeness (QED) is 0.256. The van der Waals surface area contributed by atoms with Gasteiger partial charge in [-0.1, -0.05) is 24.3 Å². The average molecular weight is 546 g/mol. The van der Waals surface area contributed by atoms with Crippen LogP contribution in [0.3, 0.4) is 0 Å². The molecular formula is C21H28FIN4O2S. The van der Waals surface area contributed by atoms with E-state index in [2.05, 4.69) is 20.3 Å².